The van der Waals surface area contributed by atoms with Crippen LogP contribution in [0.5, 0.6) is 0 Å². The minimum atomic E-state index is 0.207. The maximum absolute atomic E-state index is 11.8. The van der Waals surface area contributed by atoms with E-state index < -0.39 is 0 Å². The van der Waals surface area contributed by atoms with Crippen molar-refractivity contribution in [2.24, 2.45) is 0 Å². The number of hydrogen-bond acceptors (Lipinski definition) is 3. The lowest BCUT2D eigenvalue weighted by Gasteiger charge is -2.15. The molecule has 0 bridgehead atoms. The fraction of sp³-hybridized carbons (Fsp3) is 0.714. The summed E-state index contributed by atoms with van der Waals surface area (Å²) < 4.78 is 1.99. The lowest BCUT2D eigenvalue weighted by molar-refractivity contribution is -0.129. The van der Waals surface area contributed by atoms with Gasteiger partial charge >= 0.3 is 0 Å². The van der Waals surface area contributed by atoms with Gasteiger partial charge in [0.25, 0.3) is 0 Å². The summed E-state index contributed by atoms with van der Waals surface area (Å²) in [6, 6.07) is 2.44. The monoisotopic (exact) mass is 264 g/mol. The Kier molecular flexibility index (Phi) is 4.96. The third kappa shape index (κ3) is 3.80. The zero-order valence-electron chi connectivity index (χ0n) is 11.9. The van der Waals surface area contributed by atoms with E-state index in [1.807, 2.05) is 21.8 Å². The van der Waals surface area contributed by atoms with Gasteiger partial charge in [-0.25, -0.2) is 0 Å². The molecule has 1 atom stereocenters. The van der Waals surface area contributed by atoms with Gasteiger partial charge in [-0.15, -0.1) is 0 Å². The minimum Gasteiger partial charge on any atom is -0.342 e. The predicted octanol–water partition coefficient (Wildman–Crippen LogP) is 1.57. The molecule has 0 aliphatic carbocycles. The van der Waals surface area contributed by atoms with Gasteiger partial charge in [0.1, 0.15) is 0 Å². The number of rotatable bonds is 6. The van der Waals surface area contributed by atoms with Crippen LogP contribution in [-0.2, 0) is 11.3 Å². The average Bonchev–Trinajstić information content (AvgIpc) is 3.08. The Morgan fingerprint density at radius 1 is 1.47 bits per heavy atom. The molecule has 19 heavy (non-hydrogen) atoms. The van der Waals surface area contributed by atoms with Crippen LogP contribution in [0.2, 0.25) is 0 Å². The van der Waals surface area contributed by atoms with Crippen LogP contribution in [0.4, 0.5) is 0 Å². The van der Waals surface area contributed by atoms with Crippen molar-refractivity contribution < 1.29 is 4.79 Å². The van der Waals surface area contributed by atoms with E-state index in [4.69, 9.17) is 0 Å². The van der Waals surface area contributed by atoms with Crippen LogP contribution in [0.15, 0.2) is 12.3 Å². The van der Waals surface area contributed by atoms with Crippen LogP contribution >= 0.6 is 0 Å². The Balaban J connectivity index is 1.73. The molecule has 1 N–H and O–H groups in total. The topological polar surface area (TPSA) is 50.2 Å². The molecule has 1 saturated heterocycles. The van der Waals surface area contributed by atoms with Crippen molar-refractivity contribution in [2.75, 3.05) is 19.6 Å². The fourth-order valence-corrected chi connectivity index (χ4v) is 2.28. The first-order chi connectivity index (χ1) is 9.20. The summed E-state index contributed by atoms with van der Waals surface area (Å²) in [6.07, 6.45) is 5.37. The van der Waals surface area contributed by atoms with Crippen LogP contribution in [-0.4, -0.2) is 40.2 Å². The van der Waals surface area contributed by atoms with Gasteiger partial charge in [0, 0.05) is 31.9 Å². The molecule has 1 aliphatic heterocycles. The largest absolute Gasteiger partial charge is 0.342 e. The maximum atomic E-state index is 11.8. The van der Waals surface area contributed by atoms with E-state index in [1.54, 1.807) is 0 Å². The van der Waals surface area contributed by atoms with Gasteiger partial charge in [-0.05, 0) is 32.3 Å². The molecule has 1 fully saturated rings. The quantitative estimate of drug-likeness (QED) is 0.848. The molecular formula is C14H24N4O. The van der Waals surface area contributed by atoms with Gasteiger partial charge in [-0.3, -0.25) is 9.48 Å². The van der Waals surface area contributed by atoms with Crippen LogP contribution in [0, 0.1) is 0 Å². The number of aromatic nitrogens is 2. The van der Waals surface area contributed by atoms with E-state index in [0.29, 0.717) is 19.1 Å². The number of nitrogens with one attached hydrogen (secondary N) is 1. The van der Waals surface area contributed by atoms with Gasteiger partial charge in [0.2, 0.25) is 5.91 Å². The smallest absolute Gasteiger partial charge is 0.236 e. The van der Waals surface area contributed by atoms with Crippen LogP contribution in [0.1, 0.15) is 44.8 Å². The minimum absolute atomic E-state index is 0.207. The Morgan fingerprint density at radius 2 is 2.21 bits per heavy atom. The number of carbonyl (C=O) groups excluding carboxylic acids is 1. The van der Waals surface area contributed by atoms with Gasteiger partial charge in [0.15, 0.2) is 0 Å². The maximum Gasteiger partial charge on any atom is 0.236 e. The first-order valence-corrected chi connectivity index (χ1v) is 7.23. The van der Waals surface area contributed by atoms with Crippen molar-refractivity contribution in [1.29, 1.82) is 0 Å². The molecule has 1 amide bonds. The van der Waals surface area contributed by atoms with Crippen molar-refractivity contribution in [3.05, 3.63) is 18.0 Å². The molecule has 1 aromatic rings. The normalized spacial score (nSPS) is 16.8. The van der Waals surface area contributed by atoms with Crippen LogP contribution < -0.4 is 5.32 Å². The molecule has 0 radical (unpaired) electrons. The van der Waals surface area contributed by atoms with Crippen molar-refractivity contribution >= 4 is 5.91 Å². The van der Waals surface area contributed by atoms with Gasteiger partial charge in [-0.1, -0.05) is 6.92 Å². The van der Waals surface area contributed by atoms with Crippen LogP contribution in [0.3, 0.4) is 0 Å². The fourth-order valence-electron chi connectivity index (χ4n) is 2.28. The van der Waals surface area contributed by atoms with Gasteiger partial charge in [0.05, 0.1) is 12.2 Å². The SMILES string of the molecule is CCC(C)n1ccc(CNCC(=O)N2CCCC2)n1. The van der Waals surface area contributed by atoms with Crippen molar-refractivity contribution in [1.82, 2.24) is 20.0 Å². The predicted molar refractivity (Wildman–Crippen MR) is 74.7 cm³/mol. The second-order valence-corrected chi connectivity index (χ2v) is 5.24. The second-order valence-electron chi connectivity index (χ2n) is 5.24. The summed E-state index contributed by atoms with van der Waals surface area (Å²) in [4.78, 5) is 13.8. The molecule has 0 saturated carbocycles. The zero-order valence-corrected chi connectivity index (χ0v) is 11.9. The number of likely N-dealkylation sites (tertiary alicyclic amines) is 1. The lowest BCUT2D eigenvalue weighted by Crippen LogP contribution is -2.36. The number of carbonyl (C=O) groups is 1. The van der Waals surface area contributed by atoms with Crippen molar-refractivity contribution in [3.8, 4) is 0 Å². The van der Waals surface area contributed by atoms with Crippen molar-refractivity contribution in [2.45, 2.75) is 45.7 Å². The highest BCUT2D eigenvalue weighted by Gasteiger charge is 2.17. The number of nitrogens with zero attached hydrogens (tertiary/aromatic N) is 3. The van der Waals surface area contributed by atoms with E-state index in [9.17, 15) is 4.79 Å². The molecule has 106 valence electrons. The lowest BCUT2D eigenvalue weighted by atomic mass is 10.3. The van der Waals surface area contributed by atoms with Crippen LogP contribution in [0.25, 0.3) is 0 Å². The number of amides is 1. The summed E-state index contributed by atoms with van der Waals surface area (Å²) >= 11 is 0. The Labute approximate surface area is 115 Å². The van der Waals surface area contributed by atoms with E-state index in [0.717, 1.165) is 38.0 Å². The summed E-state index contributed by atoms with van der Waals surface area (Å²) in [5, 5.41) is 7.69. The van der Waals surface area contributed by atoms with Gasteiger partial charge in [-0.2, -0.15) is 5.10 Å². The molecule has 2 rings (SSSR count). The molecule has 5 nitrogen and oxygen atoms in total. The summed E-state index contributed by atoms with van der Waals surface area (Å²) in [5.74, 6) is 0.207. The Morgan fingerprint density at radius 3 is 2.89 bits per heavy atom. The molecule has 0 aromatic carbocycles. The molecule has 0 spiro atoms. The molecular weight excluding hydrogens is 240 g/mol. The Bertz CT molecular complexity index is 409. The third-order valence-electron chi connectivity index (χ3n) is 3.75. The van der Waals surface area contributed by atoms with E-state index in [1.165, 1.54) is 0 Å². The molecule has 5 heteroatoms. The highest BCUT2D eigenvalue weighted by Crippen LogP contribution is 2.09. The molecule has 1 aromatic heterocycles. The summed E-state index contributed by atoms with van der Waals surface area (Å²) in [6.45, 7) is 7.21. The molecule has 1 unspecified atom stereocenters. The third-order valence-corrected chi connectivity index (χ3v) is 3.75. The average molecular weight is 264 g/mol. The molecule has 2 heterocycles. The van der Waals surface area contributed by atoms with E-state index in [2.05, 4.69) is 24.3 Å². The number of hydrogen-bond donors (Lipinski definition) is 1. The second kappa shape index (κ2) is 6.70. The van der Waals surface area contributed by atoms with E-state index in [-0.39, 0.29) is 5.91 Å². The highest BCUT2D eigenvalue weighted by molar-refractivity contribution is 5.78. The summed E-state index contributed by atoms with van der Waals surface area (Å²) in [5.41, 5.74) is 0.995. The van der Waals surface area contributed by atoms with Crippen molar-refractivity contribution in [3.63, 3.8) is 0 Å². The first-order valence-electron chi connectivity index (χ1n) is 7.23. The summed E-state index contributed by atoms with van der Waals surface area (Å²) in [7, 11) is 0. The zero-order chi connectivity index (χ0) is 13.7. The first kappa shape index (κ1) is 14.1. The van der Waals surface area contributed by atoms with Gasteiger partial charge < -0.3 is 10.2 Å². The highest BCUT2D eigenvalue weighted by atomic mass is 16.2. The standard InChI is InChI=1S/C14H24N4O/c1-3-12(2)18-9-6-13(16-18)10-15-11-14(19)17-7-4-5-8-17/h6,9,12,15H,3-5,7-8,10-11H2,1-2H3. The Hall–Kier alpha value is -1.36. The van der Waals surface area contributed by atoms with E-state index >= 15 is 0 Å². The molecule has 1 aliphatic rings.